The van der Waals surface area contributed by atoms with Gasteiger partial charge in [-0.1, -0.05) is 19.8 Å². The van der Waals surface area contributed by atoms with Crippen molar-refractivity contribution in [1.29, 1.82) is 0 Å². The standard InChI is InChI=1S/C9H16NP/c1-3-4-5-6-9-10-7-8(2)11-9/h7,10H,3-6H2,1-2H3. The minimum Gasteiger partial charge on any atom is -0.361 e. The van der Waals surface area contributed by atoms with Gasteiger partial charge in [0.1, 0.15) is 0 Å². The summed E-state index contributed by atoms with van der Waals surface area (Å²) in [5.74, 6) is 0. The van der Waals surface area contributed by atoms with Crippen molar-refractivity contribution in [2.24, 2.45) is 0 Å². The first-order valence-corrected chi connectivity index (χ1v) is 5.23. The van der Waals surface area contributed by atoms with Gasteiger partial charge in [0.2, 0.25) is 0 Å². The molecule has 0 fully saturated rings. The van der Waals surface area contributed by atoms with E-state index in [0.717, 1.165) is 0 Å². The number of unbranched alkanes of at least 4 members (excludes halogenated alkanes) is 2. The smallest absolute Gasteiger partial charge is 0.0427 e. The largest absolute Gasteiger partial charge is 0.361 e. The molecular weight excluding hydrogens is 153 g/mol. The molecule has 1 nitrogen and oxygen atoms in total. The van der Waals surface area contributed by atoms with Crippen molar-refractivity contribution in [1.82, 2.24) is 4.98 Å². The number of H-pyrrole nitrogens is 1. The first-order valence-electron chi connectivity index (χ1n) is 4.34. The van der Waals surface area contributed by atoms with Gasteiger partial charge in [0.15, 0.2) is 0 Å². The van der Waals surface area contributed by atoms with Crippen LogP contribution in [0.3, 0.4) is 0 Å². The van der Waals surface area contributed by atoms with Crippen molar-refractivity contribution in [3.05, 3.63) is 16.9 Å². The van der Waals surface area contributed by atoms with E-state index in [9.17, 15) is 0 Å². The summed E-state index contributed by atoms with van der Waals surface area (Å²) in [5.41, 5.74) is 1.48. The van der Waals surface area contributed by atoms with Gasteiger partial charge in [-0.05, 0) is 33.3 Å². The van der Waals surface area contributed by atoms with E-state index in [4.69, 9.17) is 0 Å². The van der Waals surface area contributed by atoms with Crippen LogP contribution in [0, 0.1) is 6.92 Å². The summed E-state index contributed by atoms with van der Waals surface area (Å²) in [5, 5.41) is 1.44. The zero-order chi connectivity index (χ0) is 8.10. The molecule has 0 spiro atoms. The molecule has 0 radical (unpaired) electrons. The maximum atomic E-state index is 3.31. The zero-order valence-corrected chi connectivity index (χ0v) is 8.25. The van der Waals surface area contributed by atoms with Crippen LogP contribution < -0.4 is 0 Å². The van der Waals surface area contributed by atoms with Crippen molar-refractivity contribution in [2.45, 2.75) is 39.5 Å². The van der Waals surface area contributed by atoms with E-state index in [1.807, 2.05) is 0 Å². The first-order chi connectivity index (χ1) is 5.33. The average molecular weight is 169 g/mol. The molecule has 0 aromatic carbocycles. The normalized spacial score (nSPS) is 11.1. The minimum atomic E-state index is 1.25. The number of aryl methyl sites for hydroxylation is 2. The predicted octanol–water partition coefficient (Wildman–Crippen LogP) is 3.64. The number of aromatic nitrogens is 1. The summed E-state index contributed by atoms with van der Waals surface area (Å²) >= 11 is 0. The van der Waals surface area contributed by atoms with Gasteiger partial charge in [-0.25, -0.2) is 0 Å². The van der Waals surface area contributed by atoms with E-state index in [0.29, 0.717) is 0 Å². The summed E-state index contributed by atoms with van der Waals surface area (Å²) in [7, 11) is 1.42. The van der Waals surface area contributed by atoms with Gasteiger partial charge >= 0.3 is 0 Å². The SMILES string of the molecule is CCCCCc1[nH]cc(C)p1. The predicted molar refractivity (Wildman–Crippen MR) is 51.3 cm³/mol. The van der Waals surface area contributed by atoms with Gasteiger partial charge in [-0.3, -0.25) is 0 Å². The molecule has 0 unspecified atom stereocenters. The van der Waals surface area contributed by atoms with Crippen LogP contribution in [-0.2, 0) is 6.42 Å². The number of hydrogen-bond donors (Lipinski definition) is 1. The van der Waals surface area contributed by atoms with Crippen LogP contribution in [0.4, 0.5) is 0 Å². The van der Waals surface area contributed by atoms with Crippen molar-refractivity contribution in [3.63, 3.8) is 0 Å². The number of rotatable bonds is 4. The quantitative estimate of drug-likeness (QED) is 0.662. The van der Waals surface area contributed by atoms with Crippen LogP contribution in [0.2, 0.25) is 0 Å². The maximum Gasteiger partial charge on any atom is 0.0427 e. The van der Waals surface area contributed by atoms with E-state index in [1.54, 1.807) is 0 Å². The number of hydrogen-bond acceptors (Lipinski definition) is 0. The molecule has 0 aliphatic rings. The highest BCUT2D eigenvalue weighted by atomic mass is 31.0. The fourth-order valence-electron chi connectivity index (χ4n) is 1.14. The Morgan fingerprint density at radius 1 is 1.45 bits per heavy atom. The third kappa shape index (κ3) is 3.07. The van der Waals surface area contributed by atoms with Crippen molar-refractivity contribution in [2.75, 3.05) is 0 Å². The highest BCUT2D eigenvalue weighted by molar-refractivity contribution is 7.31. The second-order valence-corrected chi connectivity index (χ2v) is 4.41. The van der Waals surface area contributed by atoms with E-state index in [1.165, 1.54) is 44.6 Å². The lowest BCUT2D eigenvalue weighted by Gasteiger charge is -1.94. The van der Waals surface area contributed by atoms with Gasteiger partial charge < -0.3 is 4.98 Å². The molecule has 0 bridgehead atoms. The number of aromatic amines is 1. The second kappa shape index (κ2) is 4.56. The summed E-state index contributed by atoms with van der Waals surface area (Å²) < 4.78 is 0. The Labute approximate surface area is 70.3 Å². The molecule has 11 heavy (non-hydrogen) atoms. The summed E-state index contributed by atoms with van der Waals surface area (Å²) in [6, 6.07) is 0. The van der Waals surface area contributed by atoms with Crippen LogP contribution in [0.15, 0.2) is 6.20 Å². The fraction of sp³-hybridized carbons (Fsp3) is 0.667. The molecule has 1 heterocycles. The van der Waals surface area contributed by atoms with Gasteiger partial charge in [0.25, 0.3) is 0 Å². The van der Waals surface area contributed by atoms with Crippen molar-refractivity contribution < 1.29 is 0 Å². The Bertz CT molecular complexity index is 205. The van der Waals surface area contributed by atoms with E-state index in [-0.39, 0.29) is 0 Å². The van der Waals surface area contributed by atoms with Crippen LogP contribution in [-0.4, -0.2) is 4.98 Å². The molecule has 0 saturated heterocycles. The highest BCUT2D eigenvalue weighted by Gasteiger charge is 1.94. The molecule has 1 N–H and O–H groups in total. The molecule has 1 rings (SSSR count). The highest BCUT2D eigenvalue weighted by Crippen LogP contribution is 2.19. The Balaban J connectivity index is 2.27. The van der Waals surface area contributed by atoms with E-state index < -0.39 is 0 Å². The fourth-order valence-corrected chi connectivity index (χ4v) is 2.09. The molecule has 0 amide bonds. The lowest BCUT2D eigenvalue weighted by Crippen LogP contribution is -1.81. The van der Waals surface area contributed by atoms with Crippen LogP contribution in [0.1, 0.15) is 36.9 Å². The molecule has 0 aliphatic heterocycles. The van der Waals surface area contributed by atoms with E-state index >= 15 is 0 Å². The topological polar surface area (TPSA) is 15.8 Å². The molecule has 1 aromatic heterocycles. The van der Waals surface area contributed by atoms with Gasteiger partial charge in [0.05, 0.1) is 0 Å². The Hall–Kier alpha value is -0.290. The third-order valence-corrected chi connectivity index (χ3v) is 2.88. The third-order valence-electron chi connectivity index (χ3n) is 1.78. The molecule has 0 atom stereocenters. The van der Waals surface area contributed by atoms with Gasteiger partial charge in [-0.15, -0.1) is 0 Å². The first kappa shape index (κ1) is 8.80. The molecule has 62 valence electrons. The van der Waals surface area contributed by atoms with Crippen LogP contribution >= 0.6 is 8.19 Å². The van der Waals surface area contributed by atoms with E-state index in [2.05, 4.69) is 25.0 Å². The molecule has 0 saturated carbocycles. The Morgan fingerprint density at radius 3 is 2.82 bits per heavy atom. The van der Waals surface area contributed by atoms with Crippen molar-refractivity contribution >= 4 is 8.19 Å². The number of nitrogens with one attached hydrogen (secondary N) is 1. The summed E-state index contributed by atoms with van der Waals surface area (Å²) in [6.07, 6.45) is 7.38. The minimum absolute atomic E-state index is 1.25. The monoisotopic (exact) mass is 169 g/mol. The van der Waals surface area contributed by atoms with Crippen molar-refractivity contribution in [3.8, 4) is 0 Å². The Kier molecular flexibility index (Phi) is 3.65. The average Bonchev–Trinajstić information content (AvgIpc) is 2.37. The lowest BCUT2D eigenvalue weighted by molar-refractivity contribution is 0.715. The lowest BCUT2D eigenvalue weighted by atomic mass is 10.2. The van der Waals surface area contributed by atoms with Gasteiger partial charge in [-0.2, -0.15) is 0 Å². The van der Waals surface area contributed by atoms with Crippen LogP contribution in [0.25, 0.3) is 0 Å². The molecule has 0 aliphatic carbocycles. The summed E-state index contributed by atoms with van der Waals surface area (Å²) in [6.45, 7) is 4.41. The second-order valence-electron chi connectivity index (χ2n) is 2.95. The van der Waals surface area contributed by atoms with Crippen LogP contribution in [0.5, 0.6) is 0 Å². The maximum absolute atomic E-state index is 3.31. The molecule has 1 aromatic rings. The summed E-state index contributed by atoms with van der Waals surface area (Å²) in [4.78, 5) is 3.31. The molecular formula is C9H16NP. The molecule has 2 heteroatoms. The van der Waals surface area contributed by atoms with Gasteiger partial charge in [0, 0.05) is 11.6 Å². The Morgan fingerprint density at radius 2 is 2.27 bits per heavy atom. The zero-order valence-electron chi connectivity index (χ0n) is 7.35.